The molecule has 0 aromatic heterocycles. The molecule has 110 valence electrons. The number of nitro benzene ring substituents is 1. The summed E-state index contributed by atoms with van der Waals surface area (Å²) < 4.78 is 1.17. The molecule has 0 aliphatic carbocycles. The van der Waals surface area contributed by atoms with E-state index in [2.05, 4.69) is 40.0 Å². The smallest absolute Gasteiger partial charge is 0.272 e. The van der Waals surface area contributed by atoms with Crippen LogP contribution in [0.1, 0.15) is 24.1 Å². The molecule has 0 fully saturated rings. The van der Waals surface area contributed by atoms with E-state index in [-0.39, 0.29) is 16.7 Å². The quantitative estimate of drug-likeness (QED) is 0.455. The number of likely N-dealkylation sites (N-methyl/N-ethyl adjacent to an activating group) is 1. The summed E-state index contributed by atoms with van der Waals surface area (Å²) in [4.78, 5) is 10.8. The lowest BCUT2D eigenvalue weighted by Crippen LogP contribution is -2.24. The molecule has 0 bridgehead atoms. The normalized spacial score (nSPS) is 12.1. The molecule has 0 heterocycles. The Hall–Kier alpha value is -1.47. The molecule has 0 aliphatic rings. The van der Waals surface area contributed by atoms with Gasteiger partial charge in [-0.1, -0.05) is 43.3 Å². The molecule has 0 saturated carbocycles. The summed E-state index contributed by atoms with van der Waals surface area (Å²) in [6, 6.07) is 15.2. The zero-order chi connectivity index (χ0) is 15.2. The van der Waals surface area contributed by atoms with Crippen molar-refractivity contribution in [1.29, 1.82) is 0 Å². The van der Waals surface area contributed by atoms with Gasteiger partial charge in [-0.3, -0.25) is 10.1 Å². The fraction of sp³-hybridized carbons (Fsp3) is 0.250. The summed E-state index contributed by atoms with van der Waals surface area (Å²) >= 11 is 2.31. The van der Waals surface area contributed by atoms with Gasteiger partial charge < -0.3 is 5.32 Å². The SMILES string of the molecule is CCNC(Cc1ccccc1[N+](=O)[O-])c1ccccc1I. The number of hydrogen-bond donors (Lipinski definition) is 1. The van der Waals surface area contributed by atoms with E-state index in [1.165, 1.54) is 9.13 Å². The predicted octanol–water partition coefficient (Wildman–Crippen LogP) is 4.09. The highest BCUT2D eigenvalue weighted by Crippen LogP contribution is 2.27. The van der Waals surface area contributed by atoms with Gasteiger partial charge >= 0.3 is 0 Å². The Morgan fingerprint density at radius 3 is 2.52 bits per heavy atom. The van der Waals surface area contributed by atoms with Crippen LogP contribution in [0.25, 0.3) is 0 Å². The first-order valence-electron chi connectivity index (χ1n) is 6.83. The molecule has 4 nitrogen and oxygen atoms in total. The number of para-hydroxylation sites is 1. The lowest BCUT2D eigenvalue weighted by molar-refractivity contribution is -0.385. The van der Waals surface area contributed by atoms with Gasteiger partial charge in [0.1, 0.15) is 0 Å². The summed E-state index contributed by atoms with van der Waals surface area (Å²) in [5, 5.41) is 14.6. The van der Waals surface area contributed by atoms with Crippen molar-refractivity contribution in [2.45, 2.75) is 19.4 Å². The number of hydrogen-bond acceptors (Lipinski definition) is 3. The molecule has 21 heavy (non-hydrogen) atoms. The van der Waals surface area contributed by atoms with Crippen molar-refractivity contribution < 1.29 is 4.92 Å². The Kier molecular flexibility index (Phi) is 5.69. The molecule has 1 N–H and O–H groups in total. The van der Waals surface area contributed by atoms with Crippen LogP contribution in [0.2, 0.25) is 0 Å². The summed E-state index contributed by atoms with van der Waals surface area (Å²) in [5.41, 5.74) is 2.12. The van der Waals surface area contributed by atoms with E-state index in [9.17, 15) is 10.1 Å². The molecule has 1 unspecified atom stereocenters. The van der Waals surface area contributed by atoms with Gasteiger partial charge in [0.25, 0.3) is 5.69 Å². The van der Waals surface area contributed by atoms with Crippen LogP contribution in [-0.4, -0.2) is 11.5 Å². The van der Waals surface area contributed by atoms with E-state index < -0.39 is 0 Å². The minimum Gasteiger partial charge on any atom is -0.310 e. The summed E-state index contributed by atoms with van der Waals surface area (Å²) in [7, 11) is 0. The predicted molar refractivity (Wildman–Crippen MR) is 92.4 cm³/mol. The van der Waals surface area contributed by atoms with Gasteiger partial charge in [-0.25, -0.2) is 0 Å². The summed E-state index contributed by atoms with van der Waals surface area (Å²) in [6.45, 7) is 2.86. The van der Waals surface area contributed by atoms with Crippen molar-refractivity contribution in [3.8, 4) is 0 Å². The van der Waals surface area contributed by atoms with Crippen molar-refractivity contribution in [3.05, 3.63) is 73.3 Å². The zero-order valence-corrected chi connectivity index (χ0v) is 13.9. The van der Waals surface area contributed by atoms with E-state index in [1.807, 2.05) is 31.2 Å². The van der Waals surface area contributed by atoms with Crippen molar-refractivity contribution in [2.75, 3.05) is 6.54 Å². The number of benzene rings is 2. The first-order chi connectivity index (χ1) is 10.1. The maximum absolute atomic E-state index is 11.1. The molecule has 0 radical (unpaired) electrons. The lowest BCUT2D eigenvalue weighted by Gasteiger charge is -2.20. The lowest BCUT2D eigenvalue weighted by atomic mass is 9.98. The van der Waals surface area contributed by atoms with Crippen molar-refractivity contribution in [2.24, 2.45) is 0 Å². The van der Waals surface area contributed by atoms with Gasteiger partial charge in [-0.2, -0.15) is 0 Å². The maximum Gasteiger partial charge on any atom is 0.272 e. The number of nitrogens with one attached hydrogen (secondary N) is 1. The highest BCUT2D eigenvalue weighted by molar-refractivity contribution is 14.1. The highest BCUT2D eigenvalue weighted by Gasteiger charge is 2.19. The molecule has 0 aliphatic heterocycles. The zero-order valence-electron chi connectivity index (χ0n) is 11.8. The third kappa shape index (κ3) is 4.01. The number of rotatable bonds is 6. The monoisotopic (exact) mass is 396 g/mol. The van der Waals surface area contributed by atoms with Crippen LogP contribution in [0, 0.1) is 13.7 Å². The van der Waals surface area contributed by atoms with Crippen LogP contribution in [-0.2, 0) is 6.42 Å². The Balaban J connectivity index is 2.33. The van der Waals surface area contributed by atoms with Crippen LogP contribution < -0.4 is 5.32 Å². The van der Waals surface area contributed by atoms with Crippen LogP contribution in [0.15, 0.2) is 48.5 Å². The molecule has 5 heteroatoms. The van der Waals surface area contributed by atoms with Crippen LogP contribution >= 0.6 is 22.6 Å². The van der Waals surface area contributed by atoms with Gasteiger partial charge in [-0.05, 0) is 47.2 Å². The standard InChI is InChI=1S/C16H17IN2O2/c1-2-18-15(13-8-4-5-9-14(13)17)11-12-7-3-6-10-16(12)19(20)21/h3-10,15,18H,2,11H2,1H3. The summed E-state index contributed by atoms with van der Waals surface area (Å²) in [5.74, 6) is 0. The molecule has 2 aromatic carbocycles. The first kappa shape index (κ1) is 15.9. The second-order valence-electron chi connectivity index (χ2n) is 4.72. The number of nitrogens with zero attached hydrogens (tertiary/aromatic N) is 1. The molecule has 2 rings (SSSR count). The summed E-state index contributed by atoms with van der Waals surface area (Å²) in [6.07, 6.45) is 0.602. The van der Waals surface area contributed by atoms with Gasteiger partial charge in [-0.15, -0.1) is 0 Å². The van der Waals surface area contributed by atoms with Gasteiger partial charge in [0.2, 0.25) is 0 Å². The number of nitro groups is 1. The van der Waals surface area contributed by atoms with Crippen LogP contribution in [0.5, 0.6) is 0 Å². The molecule has 0 spiro atoms. The van der Waals surface area contributed by atoms with Gasteiger partial charge in [0.05, 0.1) is 4.92 Å². The van der Waals surface area contributed by atoms with E-state index >= 15 is 0 Å². The minimum absolute atomic E-state index is 0.0733. The molecular weight excluding hydrogens is 379 g/mol. The Bertz CT molecular complexity index is 631. The van der Waals surface area contributed by atoms with Crippen molar-refractivity contribution in [3.63, 3.8) is 0 Å². The van der Waals surface area contributed by atoms with Gasteiger partial charge in [0.15, 0.2) is 0 Å². The van der Waals surface area contributed by atoms with Crippen molar-refractivity contribution >= 4 is 28.3 Å². The van der Waals surface area contributed by atoms with Gasteiger partial charge in [0, 0.05) is 21.2 Å². The third-order valence-electron chi connectivity index (χ3n) is 3.34. The maximum atomic E-state index is 11.1. The van der Waals surface area contributed by atoms with Crippen LogP contribution in [0.4, 0.5) is 5.69 Å². The Morgan fingerprint density at radius 1 is 1.19 bits per heavy atom. The fourth-order valence-corrected chi connectivity index (χ4v) is 3.14. The Morgan fingerprint density at radius 2 is 1.86 bits per heavy atom. The number of halogens is 1. The Labute approximate surface area is 137 Å². The average molecular weight is 396 g/mol. The average Bonchev–Trinajstić information content (AvgIpc) is 2.48. The second-order valence-corrected chi connectivity index (χ2v) is 5.88. The first-order valence-corrected chi connectivity index (χ1v) is 7.91. The van der Waals surface area contributed by atoms with Crippen molar-refractivity contribution in [1.82, 2.24) is 5.32 Å². The fourth-order valence-electron chi connectivity index (χ4n) is 2.38. The van der Waals surface area contributed by atoms with E-state index in [0.29, 0.717) is 6.42 Å². The van der Waals surface area contributed by atoms with E-state index in [1.54, 1.807) is 12.1 Å². The van der Waals surface area contributed by atoms with E-state index in [4.69, 9.17) is 0 Å². The second kappa shape index (κ2) is 7.51. The molecule has 0 amide bonds. The molecule has 1 atom stereocenters. The minimum atomic E-state index is -0.311. The molecular formula is C16H17IN2O2. The topological polar surface area (TPSA) is 55.2 Å². The molecule has 0 saturated heterocycles. The third-order valence-corrected chi connectivity index (χ3v) is 4.33. The van der Waals surface area contributed by atoms with Crippen LogP contribution in [0.3, 0.4) is 0 Å². The highest BCUT2D eigenvalue weighted by atomic mass is 127. The van der Waals surface area contributed by atoms with E-state index in [0.717, 1.165) is 12.1 Å². The largest absolute Gasteiger partial charge is 0.310 e. The molecule has 2 aromatic rings.